The number of ketones is 3. The summed E-state index contributed by atoms with van der Waals surface area (Å²) in [5.41, 5.74) is 2.34. The van der Waals surface area contributed by atoms with Gasteiger partial charge in [0, 0.05) is 21.2 Å². The summed E-state index contributed by atoms with van der Waals surface area (Å²) in [6.45, 7) is 12.8. The molecule has 3 aromatic rings. The van der Waals surface area contributed by atoms with Crippen LogP contribution < -0.4 is 4.74 Å². The lowest BCUT2D eigenvalue weighted by Gasteiger charge is -2.26. The van der Waals surface area contributed by atoms with E-state index in [4.69, 9.17) is 4.74 Å². The molecule has 0 saturated carbocycles. The maximum absolute atomic E-state index is 12.6. The van der Waals surface area contributed by atoms with E-state index in [0.29, 0.717) is 5.56 Å². The number of methoxy groups -OCH3 is 1. The van der Waals surface area contributed by atoms with Gasteiger partial charge in [-0.05, 0) is 158 Å². The zero-order valence-corrected chi connectivity index (χ0v) is 35.3. The van der Waals surface area contributed by atoms with Gasteiger partial charge in [0.2, 0.25) is 0 Å². The Hall–Kier alpha value is -3.37. The Morgan fingerprint density at radius 3 is 1.13 bits per heavy atom. The number of nitrogens with zero attached hydrogens (tertiary/aromatic N) is 3. The number of rotatable bonds is 16. The Labute approximate surface area is 338 Å². The lowest BCUT2D eigenvalue weighted by molar-refractivity contribution is 0.0830. The quantitative estimate of drug-likeness (QED) is 0.143. The molecule has 3 heterocycles. The Balaban J connectivity index is 0.000000184. The number of phenols is 1. The Morgan fingerprint density at radius 2 is 0.836 bits per heavy atom. The summed E-state index contributed by atoms with van der Waals surface area (Å²) in [6.07, 6.45) is 13.2. The van der Waals surface area contributed by atoms with Gasteiger partial charge in [0.1, 0.15) is 11.5 Å². The van der Waals surface area contributed by atoms with Crippen molar-refractivity contribution in [2.24, 2.45) is 0 Å². The minimum atomic E-state index is 0.0158. The summed E-state index contributed by atoms with van der Waals surface area (Å²) in [5, 5.41) is 9.27. The lowest BCUT2D eigenvalue weighted by Crippen LogP contribution is -2.39. The van der Waals surface area contributed by atoms with Gasteiger partial charge in [-0.25, -0.2) is 0 Å². The molecule has 0 spiro atoms. The number of aromatic hydroxyl groups is 1. The lowest BCUT2D eigenvalue weighted by atomic mass is 9.99. The first-order valence-electron chi connectivity index (χ1n) is 20.7. The van der Waals surface area contributed by atoms with Gasteiger partial charge in [0.05, 0.1) is 25.2 Å². The first-order valence-corrected chi connectivity index (χ1v) is 21.5. The van der Waals surface area contributed by atoms with E-state index in [1.807, 2.05) is 48.5 Å². The largest absolute Gasteiger partial charge is 0.508 e. The van der Waals surface area contributed by atoms with Crippen LogP contribution in [0.15, 0.2) is 77.3 Å². The fourth-order valence-electron chi connectivity index (χ4n) is 7.99. The monoisotopic (exact) mass is 817 g/mol. The first kappa shape index (κ1) is 44.3. The summed E-state index contributed by atoms with van der Waals surface area (Å²) in [6, 6.07) is 22.0. The van der Waals surface area contributed by atoms with Crippen molar-refractivity contribution < 1.29 is 24.2 Å². The number of phenolic OH excluding ortho intramolecular Hbond substituents is 1. The van der Waals surface area contributed by atoms with Crippen molar-refractivity contribution in [1.29, 1.82) is 0 Å². The van der Waals surface area contributed by atoms with Crippen LogP contribution in [0, 0.1) is 0 Å². The normalized spacial score (nSPS) is 17.7. The third kappa shape index (κ3) is 13.4. The molecule has 0 bridgehead atoms. The molecule has 9 heteroatoms. The van der Waals surface area contributed by atoms with Gasteiger partial charge in [0.15, 0.2) is 17.3 Å². The minimum Gasteiger partial charge on any atom is -0.508 e. The van der Waals surface area contributed by atoms with Gasteiger partial charge < -0.3 is 9.84 Å². The van der Waals surface area contributed by atoms with Crippen molar-refractivity contribution >= 4 is 33.3 Å². The predicted molar refractivity (Wildman–Crippen MR) is 227 cm³/mol. The van der Waals surface area contributed by atoms with Gasteiger partial charge in [-0.15, -0.1) is 0 Å². The number of ether oxygens (including phenoxy) is 1. The molecule has 0 aliphatic carbocycles. The van der Waals surface area contributed by atoms with Gasteiger partial charge in [-0.2, -0.15) is 0 Å². The SMILES string of the molecule is CCCC(C(=O)c1ccc(Br)cc1)N1CCCC1.CCCC(C(=O)c1ccc(O)cc1)N1CCCC1.CCCC(C(=O)c1ccc(OC)cc1)N1CCCC1. The van der Waals surface area contributed by atoms with Gasteiger partial charge >= 0.3 is 0 Å². The molecule has 3 unspecified atom stereocenters. The summed E-state index contributed by atoms with van der Waals surface area (Å²) in [5.74, 6) is 1.74. The molecule has 55 heavy (non-hydrogen) atoms. The van der Waals surface area contributed by atoms with Crippen LogP contribution in [0.1, 0.15) is 129 Å². The number of likely N-dealkylation sites (tertiary alicyclic amines) is 3. The molecule has 8 nitrogen and oxygen atoms in total. The highest BCUT2D eigenvalue weighted by Gasteiger charge is 2.30. The molecule has 3 fully saturated rings. The van der Waals surface area contributed by atoms with E-state index < -0.39 is 0 Å². The molecular weight excluding hydrogens is 754 g/mol. The molecule has 0 aromatic heterocycles. The summed E-state index contributed by atoms with van der Waals surface area (Å²) >= 11 is 3.41. The predicted octanol–water partition coefficient (Wildman–Crippen LogP) is 9.88. The second-order valence-electron chi connectivity index (χ2n) is 15.0. The Morgan fingerprint density at radius 1 is 0.545 bits per heavy atom. The van der Waals surface area contributed by atoms with E-state index in [-0.39, 0.29) is 41.2 Å². The Bertz CT molecular complexity index is 1500. The van der Waals surface area contributed by atoms with Crippen molar-refractivity contribution in [1.82, 2.24) is 14.7 Å². The molecule has 1 N–H and O–H groups in total. The highest BCUT2D eigenvalue weighted by Crippen LogP contribution is 2.23. The molecule has 6 rings (SSSR count). The van der Waals surface area contributed by atoms with E-state index in [0.717, 1.165) is 99.1 Å². The third-order valence-corrected chi connectivity index (χ3v) is 11.5. The van der Waals surface area contributed by atoms with Crippen molar-refractivity contribution in [3.8, 4) is 11.5 Å². The average Bonchev–Trinajstić information content (AvgIpc) is 4.04. The average molecular weight is 819 g/mol. The number of benzene rings is 3. The molecule has 3 aliphatic rings. The van der Waals surface area contributed by atoms with Gasteiger partial charge in [-0.1, -0.05) is 68.1 Å². The topological polar surface area (TPSA) is 90.4 Å². The number of carbonyl (C=O) groups excluding carboxylic acids is 3. The highest BCUT2D eigenvalue weighted by atomic mass is 79.9. The maximum Gasteiger partial charge on any atom is 0.179 e. The number of Topliss-reactive ketones (excluding diaryl/α,β-unsaturated/α-hetero) is 3. The fourth-order valence-corrected chi connectivity index (χ4v) is 8.26. The van der Waals surface area contributed by atoms with E-state index in [1.54, 1.807) is 31.4 Å². The summed E-state index contributed by atoms with van der Waals surface area (Å²) in [4.78, 5) is 44.7. The van der Waals surface area contributed by atoms with E-state index >= 15 is 0 Å². The molecule has 0 radical (unpaired) electrons. The van der Waals surface area contributed by atoms with Crippen LogP contribution >= 0.6 is 15.9 Å². The summed E-state index contributed by atoms with van der Waals surface area (Å²) < 4.78 is 6.16. The van der Waals surface area contributed by atoms with Crippen molar-refractivity contribution in [2.45, 2.75) is 116 Å². The van der Waals surface area contributed by atoms with Crippen LogP contribution in [0.25, 0.3) is 0 Å². The molecule has 3 aliphatic heterocycles. The zero-order chi connectivity index (χ0) is 39.6. The minimum absolute atomic E-state index is 0.0158. The van der Waals surface area contributed by atoms with E-state index in [9.17, 15) is 19.5 Å². The van der Waals surface area contributed by atoms with Gasteiger partial charge in [-0.3, -0.25) is 29.1 Å². The molecule has 3 atom stereocenters. The number of halogens is 1. The molecule has 3 saturated heterocycles. The van der Waals surface area contributed by atoms with Crippen LogP contribution in [-0.2, 0) is 0 Å². The molecule has 0 amide bonds. The van der Waals surface area contributed by atoms with Crippen molar-refractivity contribution in [3.05, 3.63) is 94.0 Å². The summed E-state index contributed by atoms with van der Waals surface area (Å²) in [7, 11) is 1.64. The smallest absolute Gasteiger partial charge is 0.179 e. The number of hydrogen-bond acceptors (Lipinski definition) is 8. The fraction of sp³-hybridized carbons (Fsp3) is 0.543. The first-order chi connectivity index (χ1) is 26.7. The maximum atomic E-state index is 12.6. The van der Waals surface area contributed by atoms with Crippen LogP contribution in [-0.4, -0.2) is 102 Å². The molecule has 300 valence electrons. The second-order valence-corrected chi connectivity index (χ2v) is 15.9. The Kier molecular flexibility index (Phi) is 19.1. The molecular formula is C46H64BrN3O5. The number of carbonyl (C=O) groups is 3. The standard InChI is InChI=1S/C16H23NO2.C15H20BrNO.C15H21NO2/c1-3-6-15(17-11-4-5-12-17)16(18)13-7-9-14(19-2)10-8-13;1-2-5-14(17-10-3-4-11-17)15(18)12-6-8-13(16)9-7-12;1-2-5-14(16-10-3-4-11-16)15(18)12-6-8-13(17)9-7-12/h7-10,15H,3-6,11-12H2,1-2H3;6-9,14H,2-5,10-11H2,1H3;6-9,14,17H,2-5,10-11H2,1H3. The highest BCUT2D eigenvalue weighted by molar-refractivity contribution is 9.10. The van der Waals surface area contributed by atoms with E-state index in [2.05, 4.69) is 51.4 Å². The van der Waals surface area contributed by atoms with Gasteiger partial charge in [0.25, 0.3) is 0 Å². The number of hydrogen-bond donors (Lipinski definition) is 1. The van der Waals surface area contributed by atoms with Crippen LogP contribution in [0.3, 0.4) is 0 Å². The van der Waals surface area contributed by atoms with Crippen molar-refractivity contribution in [2.75, 3.05) is 46.4 Å². The zero-order valence-electron chi connectivity index (χ0n) is 33.7. The van der Waals surface area contributed by atoms with E-state index in [1.165, 1.54) is 38.5 Å². The second kappa shape index (κ2) is 23.6. The van der Waals surface area contributed by atoms with Crippen LogP contribution in [0.4, 0.5) is 0 Å². The van der Waals surface area contributed by atoms with Crippen LogP contribution in [0.5, 0.6) is 11.5 Å². The van der Waals surface area contributed by atoms with Crippen LogP contribution in [0.2, 0.25) is 0 Å². The van der Waals surface area contributed by atoms with Crippen molar-refractivity contribution in [3.63, 3.8) is 0 Å². The third-order valence-electron chi connectivity index (χ3n) is 11.0. The molecule has 3 aromatic carbocycles.